The summed E-state index contributed by atoms with van der Waals surface area (Å²) >= 11 is 5.25. The fraction of sp³-hybridized carbons (Fsp3) is 0.533. The molecule has 2 nitrogen and oxygen atoms in total. The van der Waals surface area contributed by atoms with Gasteiger partial charge < -0.3 is 5.32 Å². The van der Waals surface area contributed by atoms with Gasteiger partial charge in [0.05, 0.1) is 10.2 Å². The van der Waals surface area contributed by atoms with E-state index in [1.165, 1.54) is 30.4 Å². The third kappa shape index (κ3) is 3.29. The summed E-state index contributed by atoms with van der Waals surface area (Å²) in [5, 5.41) is 4.60. The van der Waals surface area contributed by atoms with Crippen LogP contribution in [0.1, 0.15) is 32.6 Å². The number of anilines is 1. The normalized spacial score (nSPS) is 23.7. The Morgan fingerprint density at radius 1 is 1.42 bits per heavy atom. The summed E-state index contributed by atoms with van der Waals surface area (Å²) in [5.41, 5.74) is 1.08. The Labute approximate surface area is 126 Å². The van der Waals surface area contributed by atoms with E-state index in [2.05, 4.69) is 51.4 Å². The lowest BCUT2D eigenvalue weighted by Crippen LogP contribution is -2.20. The van der Waals surface area contributed by atoms with E-state index in [0.717, 1.165) is 33.5 Å². The minimum absolute atomic E-state index is 0.822. The number of benzene rings is 1. The molecule has 0 spiro atoms. The van der Waals surface area contributed by atoms with Crippen LogP contribution in [-0.2, 0) is 0 Å². The first kappa shape index (κ1) is 13.4. The second-order valence-corrected chi connectivity index (χ2v) is 7.60. The fourth-order valence-electron chi connectivity index (χ4n) is 2.95. The zero-order chi connectivity index (χ0) is 13.2. The van der Waals surface area contributed by atoms with E-state index < -0.39 is 0 Å². The molecule has 0 amide bonds. The monoisotopic (exact) mass is 338 g/mol. The van der Waals surface area contributed by atoms with Crippen LogP contribution in [0.3, 0.4) is 0 Å². The maximum atomic E-state index is 4.65. The molecule has 2 aromatic rings. The zero-order valence-electron chi connectivity index (χ0n) is 11.2. The van der Waals surface area contributed by atoms with Gasteiger partial charge in [0.2, 0.25) is 0 Å². The first-order valence-electron chi connectivity index (χ1n) is 7.00. The molecule has 1 aliphatic rings. The average Bonchev–Trinajstić information content (AvgIpc) is 2.78. The van der Waals surface area contributed by atoms with Gasteiger partial charge in [-0.05, 0) is 42.9 Å². The summed E-state index contributed by atoms with van der Waals surface area (Å²) in [6, 6.07) is 6.29. The van der Waals surface area contributed by atoms with E-state index in [1.54, 1.807) is 11.3 Å². The number of rotatable bonds is 3. The van der Waals surface area contributed by atoms with E-state index in [4.69, 9.17) is 0 Å². The van der Waals surface area contributed by atoms with Gasteiger partial charge in [-0.25, -0.2) is 4.98 Å². The Bertz CT molecular complexity index is 566. The molecule has 0 radical (unpaired) electrons. The van der Waals surface area contributed by atoms with Gasteiger partial charge in [-0.3, -0.25) is 0 Å². The third-order valence-electron chi connectivity index (χ3n) is 3.94. The average molecular weight is 339 g/mol. The summed E-state index contributed by atoms with van der Waals surface area (Å²) < 4.78 is 2.35. The molecule has 1 aromatic heterocycles. The highest BCUT2D eigenvalue weighted by Gasteiger charge is 2.18. The minimum Gasteiger partial charge on any atom is -0.361 e. The van der Waals surface area contributed by atoms with Crippen LogP contribution in [0.4, 0.5) is 5.13 Å². The van der Waals surface area contributed by atoms with Crippen LogP contribution in [0.25, 0.3) is 10.2 Å². The highest BCUT2D eigenvalue weighted by molar-refractivity contribution is 9.10. The zero-order valence-corrected chi connectivity index (χ0v) is 13.6. The topological polar surface area (TPSA) is 24.9 Å². The Morgan fingerprint density at radius 2 is 2.32 bits per heavy atom. The molecule has 0 aliphatic heterocycles. The maximum absolute atomic E-state index is 4.65. The van der Waals surface area contributed by atoms with Crippen LogP contribution >= 0.6 is 27.3 Å². The maximum Gasteiger partial charge on any atom is 0.183 e. The molecular weight excluding hydrogens is 320 g/mol. The lowest BCUT2D eigenvalue weighted by atomic mass is 9.82. The Balaban J connectivity index is 1.65. The largest absolute Gasteiger partial charge is 0.361 e. The van der Waals surface area contributed by atoms with Crippen LogP contribution in [-0.4, -0.2) is 11.5 Å². The standard InChI is InChI=1S/C15H19BrN2S/c1-10-3-2-4-11(7-10)9-17-15-18-13-8-12(16)5-6-14(13)19-15/h5-6,8,10-11H,2-4,7,9H2,1H3,(H,17,18). The van der Waals surface area contributed by atoms with Crippen LogP contribution < -0.4 is 5.32 Å². The summed E-state index contributed by atoms with van der Waals surface area (Å²) in [6.45, 7) is 3.45. The van der Waals surface area contributed by atoms with Gasteiger partial charge in [0.15, 0.2) is 5.13 Å². The van der Waals surface area contributed by atoms with Gasteiger partial charge in [0, 0.05) is 11.0 Å². The van der Waals surface area contributed by atoms with Crippen LogP contribution in [0, 0.1) is 11.8 Å². The lowest BCUT2D eigenvalue weighted by molar-refractivity contribution is 0.293. The van der Waals surface area contributed by atoms with Gasteiger partial charge in [-0.15, -0.1) is 0 Å². The number of fused-ring (bicyclic) bond motifs is 1. The van der Waals surface area contributed by atoms with Gasteiger partial charge in [-0.1, -0.05) is 47.0 Å². The number of hydrogen-bond acceptors (Lipinski definition) is 3. The molecular formula is C15H19BrN2S. The summed E-state index contributed by atoms with van der Waals surface area (Å²) in [5.74, 6) is 1.72. The predicted molar refractivity (Wildman–Crippen MR) is 86.9 cm³/mol. The fourth-order valence-corrected chi connectivity index (χ4v) is 4.15. The second-order valence-electron chi connectivity index (χ2n) is 5.65. The van der Waals surface area contributed by atoms with Crippen molar-refractivity contribution < 1.29 is 0 Å². The van der Waals surface area contributed by atoms with Crippen LogP contribution in [0.2, 0.25) is 0 Å². The molecule has 0 saturated heterocycles. The molecule has 1 N–H and O–H groups in total. The van der Waals surface area contributed by atoms with E-state index in [0.29, 0.717) is 0 Å². The molecule has 1 fully saturated rings. The number of halogens is 1. The molecule has 2 unspecified atom stereocenters. The molecule has 19 heavy (non-hydrogen) atoms. The van der Waals surface area contributed by atoms with Crippen molar-refractivity contribution in [2.75, 3.05) is 11.9 Å². The van der Waals surface area contributed by atoms with Crippen molar-refractivity contribution >= 4 is 42.6 Å². The quantitative estimate of drug-likeness (QED) is 0.821. The van der Waals surface area contributed by atoms with Crippen LogP contribution in [0.15, 0.2) is 22.7 Å². The van der Waals surface area contributed by atoms with Gasteiger partial charge in [-0.2, -0.15) is 0 Å². The minimum atomic E-state index is 0.822. The van der Waals surface area contributed by atoms with Crippen molar-refractivity contribution in [3.8, 4) is 0 Å². The Morgan fingerprint density at radius 3 is 3.16 bits per heavy atom. The Hall–Kier alpha value is -0.610. The number of hydrogen-bond donors (Lipinski definition) is 1. The van der Waals surface area contributed by atoms with Gasteiger partial charge in [0.25, 0.3) is 0 Å². The van der Waals surface area contributed by atoms with Crippen LogP contribution in [0.5, 0.6) is 0 Å². The van der Waals surface area contributed by atoms with E-state index in [-0.39, 0.29) is 0 Å². The summed E-state index contributed by atoms with van der Waals surface area (Å²) in [4.78, 5) is 4.65. The molecule has 0 bridgehead atoms. The predicted octanol–water partition coefficient (Wildman–Crippen LogP) is 5.30. The summed E-state index contributed by atoms with van der Waals surface area (Å²) in [7, 11) is 0. The SMILES string of the molecule is CC1CCCC(CNc2nc3cc(Br)ccc3s2)C1. The molecule has 1 aromatic carbocycles. The van der Waals surface area contributed by atoms with E-state index >= 15 is 0 Å². The van der Waals surface area contributed by atoms with Gasteiger partial charge in [0.1, 0.15) is 0 Å². The van der Waals surface area contributed by atoms with Crippen molar-refractivity contribution in [3.05, 3.63) is 22.7 Å². The first-order chi connectivity index (χ1) is 9.20. The molecule has 4 heteroatoms. The molecule has 102 valence electrons. The highest BCUT2D eigenvalue weighted by atomic mass is 79.9. The second kappa shape index (κ2) is 5.80. The van der Waals surface area contributed by atoms with Crippen molar-refractivity contribution in [3.63, 3.8) is 0 Å². The molecule has 3 rings (SSSR count). The lowest BCUT2D eigenvalue weighted by Gasteiger charge is -2.26. The van der Waals surface area contributed by atoms with Crippen molar-refractivity contribution in [1.82, 2.24) is 4.98 Å². The number of thiazole rings is 1. The number of nitrogens with one attached hydrogen (secondary N) is 1. The van der Waals surface area contributed by atoms with E-state index in [9.17, 15) is 0 Å². The highest BCUT2D eigenvalue weighted by Crippen LogP contribution is 2.31. The van der Waals surface area contributed by atoms with Crippen molar-refractivity contribution in [2.45, 2.75) is 32.6 Å². The molecule has 1 aliphatic carbocycles. The molecule has 1 heterocycles. The van der Waals surface area contributed by atoms with Gasteiger partial charge >= 0.3 is 0 Å². The third-order valence-corrected chi connectivity index (χ3v) is 5.42. The van der Waals surface area contributed by atoms with E-state index in [1.807, 2.05) is 0 Å². The smallest absolute Gasteiger partial charge is 0.183 e. The molecule has 2 atom stereocenters. The number of nitrogens with zero attached hydrogens (tertiary/aromatic N) is 1. The first-order valence-corrected chi connectivity index (χ1v) is 8.61. The van der Waals surface area contributed by atoms with Crippen molar-refractivity contribution in [1.29, 1.82) is 0 Å². The van der Waals surface area contributed by atoms with Crippen molar-refractivity contribution in [2.24, 2.45) is 11.8 Å². The Kier molecular flexibility index (Phi) is 4.08. The molecule has 1 saturated carbocycles. The number of aromatic nitrogens is 1. The summed E-state index contributed by atoms with van der Waals surface area (Å²) in [6.07, 6.45) is 5.53.